The molecule has 1 atom stereocenters. The fraction of sp³-hybridized carbons (Fsp3) is 0.190. The van der Waals surface area contributed by atoms with Crippen LogP contribution in [0.4, 0.5) is 10.1 Å². The maximum atomic E-state index is 12.9. The van der Waals surface area contributed by atoms with Crippen LogP contribution in [0.5, 0.6) is 0 Å². The molecule has 0 bridgehead atoms. The van der Waals surface area contributed by atoms with E-state index in [2.05, 4.69) is 12.2 Å². The molecule has 0 aliphatic rings. The zero-order valence-electron chi connectivity index (χ0n) is 14.0. The largest absolute Gasteiger partial charge is 0.326 e. The molecule has 0 heterocycles. The topological polar surface area (TPSA) is 29.1 Å². The van der Waals surface area contributed by atoms with Crippen molar-refractivity contribution in [2.75, 3.05) is 5.32 Å². The first-order chi connectivity index (χ1) is 12.1. The second kappa shape index (κ2) is 8.17. The third kappa shape index (κ3) is 4.83. The molecule has 1 amide bonds. The van der Waals surface area contributed by atoms with Gasteiger partial charge in [-0.05, 0) is 42.1 Å². The number of halogens is 1. The highest BCUT2D eigenvalue weighted by molar-refractivity contribution is 7.99. The van der Waals surface area contributed by atoms with Crippen LogP contribution in [0, 0.1) is 5.82 Å². The molecule has 25 heavy (non-hydrogen) atoms. The number of hydrogen-bond acceptors (Lipinski definition) is 2. The van der Waals surface area contributed by atoms with Crippen molar-refractivity contribution in [1.29, 1.82) is 0 Å². The van der Waals surface area contributed by atoms with Crippen molar-refractivity contribution in [1.82, 2.24) is 0 Å². The fourth-order valence-corrected chi connectivity index (χ4v) is 3.68. The number of hydrogen-bond donors (Lipinski definition) is 1. The maximum Gasteiger partial charge on any atom is 0.224 e. The van der Waals surface area contributed by atoms with Crippen LogP contribution in [-0.2, 0) is 4.79 Å². The fourth-order valence-electron chi connectivity index (χ4n) is 2.69. The second-order valence-electron chi connectivity index (χ2n) is 6.00. The highest BCUT2D eigenvalue weighted by Crippen LogP contribution is 2.27. The number of benzene rings is 3. The number of carbonyl (C=O) groups is 1. The van der Waals surface area contributed by atoms with Gasteiger partial charge in [-0.25, -0.2) is 4.39 Å². The predicted octanol–water partition coefficient (Wildman–Crippen LogP) is 5.88. The van der Waals surface area contributed by atoms with Crippen molar-refractivity contribution in [2.24, 2.45) is 0 Å². The van der Waals surface area contributed by atoms with Crippen molar-refractivity contribution >= 4 is 34.1 Å². The molecule has 128 valence electrons. The molecule has 0 fully saturated rings. The van der Waals surface area contributed by atoms with E-state index in [4.69, 9.17) is 0 Å². The van der Waals surface area contributed by atoms with Gasteiger partial charge < -0.3 is 5.32 Å². The minimum atomic E-state index is -0.230. The molecule has 1 unspecified atom stereocenters. The molecule has 0 aromatic heterocycles. The first kappa shape index (κ1) is 17.5. The number of anilines is 1. The van der Waals surface area contributed by atoms with Crippen LogP contribution < -0.4 is 5.32 Å². The molecule has 0 radical (unpaired) electrons. The molecule has 0 aliphatic carbocycles. The Labute approximate surface area is 151 Å². The van der Waals surface area contributed by atoms with Crippen molar-refractivity contribution < 1.29 is 9.18 Å². The third-order valence-corrected chi connectivity index (χ3v) is 5.17. The first-order valence-electron chi connectivity index (χ1n) is 8.31. The molecule has 0 spiro atoms. The molecule has 0 saturated heterocycles. The average molecular weight is 353 g/mol. The number of fused-ring (bicyclic) bond motifs is 1. The Balaban J connectivity index is 1.54. The summed E-state index contributed by atoms with van der Waals surface area (Å²) in [4.78, 5) is 13.3. The number of nitrogens with one attached hydrogen (secondary N) is 1. The SMILES string of the molecule is CC(CCC(=O)Nc1cccc2ccccc12)Sc1ccc(F)cc1. The zero-order valence-corrected chi connectivity index (χ0v) is 14.9. The minimum Gasteiger partial charge on any atom is -0.326 e. The number of rotatable bonds is 6. The summed E-state index contributed by atoms with van der Waals surface area (Å²) < 4.78 is 12.9. The summed E-state index contributed by atoms with van der Waals surface area (Å²) in [6, 6.07) is 20.4. The Morgan fingerprint density at radius 3 is 2.56 bits per heavy atom. The smallest absolute Gasteiger partial charge is 0.224 e. The monoisotopic (exact) mass is 353 g/mol. The van der Waals surface area contributed by atoms with Gasteiger partial charge in [-0.3, -0.25) is 4.79 Å². The van der Waals surface area contributed by atoms with Gasteiger partial charge in [-0.15, -0.1) is 11.8 Å². The molecule has 3 aromatic carbocycles. The molecule has 1 N–H and O–H groups in total. The van der Waals surface area contributed by atoms with Crippen LogP contribution in [0.3, 0.4) is 0 Å². The summed E-state index contributed by atoms with van der Waals surface area (Å²) in [5.41, 5.74) is 0.849. The average Bonchev–Trinajstić information content (AvgIpc) is 2.62. The molecule has 0 saturated carbocycles. The summed E-state index contributed by atoms with van der Waals surface area (Å²) in [5.74, 6) is -0.214. The van der Waals surface area contributed by atoms with Crippen molar-refractivity contribution in [3.63, 3.8) is 0 Å². The molecule has 3 rings (SSSR count). The van der Waals surface area contributed by atoms with Crippen LogP contribution in [-0.4, -0.2) is 11.2 Å². The number of carbonyl (C=O) groups excluding carboxylic acids is 1. The Morgan fingerprint density at radius 2 is 1.76 bits per heavy atom. The number of amides is 1. The first-order valence-corrected chi connectivity index (χ1v) is 9.19. The molecule has 4 heteroatoms. The summed E-state index contributed by atoms with van der Waals surface area (Å²) in [7, 11) is 0. The van der Waals surface area contributed by atoms with E-state index < -0.39 is 0 Å². The summed E-state index contributed by atoms with van der Waals surface area (Å²) in [6.07, 6.45) is 1.22. The van der Waals surface area contributed by atoms with Gasteiger partial charge in [0, 0.05) is 27.6 Å². The van der Waals surface area contributed by atoms with E-state index in [1.807, 2.05) is 42.5 Å². The van der Waals surface area contributed by atoms with Crippen LogP contribution in [0.25, 0.3) is 10.8 Å². The zero-order chi connectivity index (χ0) is 17.6. The van der Waals surface area contributed by atoms with E-state index >= 15 is 0 Å². The molecule has 0 aliphatic heterocycles. The predicted molar refractivity (Wildman–Crippen MR) is 104 cm³/mol. The minimum absolute atomic E-state index is 0.0166. The van der Waals surface area contributed by atoms with Crippen molar-refractivity contribution in [3.05, 3.63) is 72.5 Å². The lowest BCUT2D eigenvalue weighted by Crippen LogP contribution is -2.13. The van der Waals surface area contributed by atoms with Crippen molar-refractivity contribution in [3.8, 4) is 0 Å². The Kier molecular flexibility index (Phi) is 5.71. The van der Waals surface area contributed by atoms with Crippen LogP contribution in [0.15, 0.2) is 71.6 Å². The van der Waals surface area contributed by atoms with Crippen LogP contribution in [0.1, 0.15) is 19.8 Å². The van der Waals surface area contributed by atoms with E-state index in [0.29, 0.717) is 6.42 Å². The van der Waals surface area contributed by atoms with Gasteiger partial charge in [-0.1, -0.05) is 43.3 Å². The summed E-state index contributed by atoms with van der Waals surface area (Å²) in [5, 5.41) is 5.45. The van der Waals surface area contributed by atoms with Gasteiger partial charge >= 0.3 is 0 Å². The molecular weight excluding hydrogens is 333 g/mol. The van der Waals surface area contributed by atoms with Gasteiger partial charge in [0.25, 0.3) is 0 Å². The lowest BCUT2D eigenvalue weighted by molar-refractivity contribution is -0.116. The van der Waals surface area contributed by atoms with Gasteiger partial charge in [0.2, 0.25) is 5.91 Å². The van der Waals surface area contributed by atoms with Gasteiger partial charge in [0.05, 0.1) is 0 Å². The third-order valence-electron chi connectivity index (χ3n) is 3.99. The van der Waals surface area contributed by atoms with Crippen molar-refractivity contribution in [2.45, 2.75) is 29.9 Å². The molecule has 3 aromatic rings. The maximum absolute atomic E-state index is 12.9. The highest BCUT2D eigenvalue weighted by atomic mass is 32.2. The normalized spacial score (nSPS) is 12.1. The van der Waals surface area contributed by atoms with Crippen LogP contribution >= 0.6 is 11.8 Å². The summed E-state index contributed by atoms with van der Waals surface area (Å²) >= 11 is 1.66. The molecular formula is C21H20FNOS. The summed E-state index contributed by atoms with van der Waals surface area (Å²) in [6.45, 7) is 2.08. The Bertz CT molecular complexity index is 858. The van der Waals surface area contributed by atoms with E-state index in [-0.39, 0.29) is 17.0 Å². The second-order valence-corrected chi connectivity index (χ2v) is 7.51. The lowest BCUT2D eigenvalue weighted by Gasteiger charge is -2.12. The number of thioether (sulfide) groups is 1. The van der Waals surface area contributed by atoms with E-state index in [0.717, 1.165) is 27.8 Å². The van der Waals surface area contributed by atoms with E-state index in [1.165, 1.54) is 12.1 Å². The van der Waals surface area contributed by atoms with Gasteiger partial charge in [0.15, 0.2) is 0 Å². The van der Waals surface area contributed by atoms with Crippen LogP contribution in [0.2, 0.25) is 0 Å². The molecule has 2 nitrogen and oxygen atoms in total. The van der Waals surface area contributed by atoms with E-state index in [9.17, 15) is 9.18 Å². The highest BCUT2D eigenvalue weighted by Gasteiger charge is 2.10. The van der Waals surface area contributed by atoms with Gasteiger partial charge in [-0.2, -0.15) is 0 Å². The van der Waals surface area contributed by atoms with Gasteiger partial charge in [0.1, 0.15) is 5.82 Å². The van der Waals surface area contributed by atoms with E-state index in [1.54, 1.807) is 23.9 Å². The Morgan fingerprint density at radius 1 is 1.04 bits per heavy atom. The lowest BCUT2D eigenvalue weighted by atomic mass is 10.1. The Hall–Kier alpha value is -2.33. The quantitative estimate of drug-likeness (QED) is 0.561. The standard InChI is InChI=1S/C21H20FNOS/c1-15(25-18-12-10-17(22)11-13-18)9-14-21(24)23-20-8-4-6-16-5-2-3-7-19(16)20/h2-8,10-13,15H,9,14H2,1H3,(H,23,24).